The van der Waals surface area contributed by atoms with Crippen LogP contribution in [0, 0.1) is 0 Å². The molecule has 0 aromatic carbocycles. The summed E-state index contributed by atoms with van der Waals surface area (Å²) in [7, 11) is 0. The summed E-state index contributed by atoms with van der Waals surface area (Å²) in [6, 6.07) is 5.97. The number of hydrogen-bond donors (Lipinski definition) is 2. The zero-order chi connectivity index (χ0) is 13.7. The van der Waals surface area contributed by atoms with Gasteiger partial charge in [0.15, 0.2) is 6.61 Å². The lowest BCUT2D eigenvalue weighted by atomic mass is 10.4. The second-order valence-electron chi connectivity index (χ2n) is 3.49. The summed E-state index contributed by atoms with van der Waals surface area (Å²) in [5, 5.41) is 8.61. The molecule has 0 bridgehead atoms. The van der Waals surface area contributed by atoms with Gasteiger partial charge in [-0.05, 0) is 12.1 Å². The number of alkyl halides is 2. The second kappa shape index (κ2) is 5.89. The number of ether oxygens (including phenoxy) is 1. The van der Waals surface area contributed by atoms with Crippen LogP contribution in [0.1, 0.15) is 10.5 Å². The summed E-state index contributed by atoms with van der Waals surface area (Å²) < 4.78 is 28.7. The minimum atomic E-state index is -2.58. The zero-order valence-corrected chi connectivity index (χ0v) is 9.64. The summed E-state index contributed by atoms with van der Waals surface area (Å²) in [6.45, 7) is -0.745. The summed E-state index contributed by atoms with van der Waals surface area (Å²) in [4.78, 5) is 15.5. The molecule has 0 aliphatic carbocycles. The normalized spacial score (nSPS) is 10.5. The monoisotopic (exact) mass is 268 g/mol. The van der Waals surface area contributed by atoms with E-state index in [2.05, 4.69) is 20.5 Å². The van der Waals surface area contributed by atoms with Crippen LogP contribution in [0.15, 0.2) is 30.5 Å². The van der Waals surface area contributed by atoms with E-state index in [1.807, 2.05) is 0 Å². The molecule has 0 spiro atoms. The molecule has 2 rings (SSSR count). The van der Waals surface area contributed by atoms with Gasteiger partial charge in [-0.15, -0.1) is 0 Å². The number of rotatable bonds is 5. The Kier molecular flexibility index (Phi) is 4.01. The molecule has 2 aromatic rings. The number of hydrogen-bond acceptors (Lipinski definition) is 4. The summed E-state index contributed by atoms with van der Waals surface area (Å²) in [5.74, 6) is -0.218. The second-order valence-corrected chi connectivity index (χ2v) is 3.49. The average molecular weight is 268 g/mol. The molecule has 2 N–H and O–H groups in total. The van der Waals surface area contributed by atoms with Crippen molar-refractivity contribution in [1.82, 2.24) is 15.2 Å². The Labute approximate surface area is 106 Å². The number of amides is 1. The first kappa shape index (κ1) is 12.9. The molecule has 0 fully saturated rings. The minimum Gasteiger partial charge on any atom is -0.472 e. The molecule has 2 aromatic heterocycles. The van der Waals surface area contributed by atoms with Crippen molar-refractivity contribution in [3.8, 4) is 5.88 Å². The number of aromatic amines is 1. The molecule has 0 saturated heterocycles. The SMILES string of the molecule is O=C(Nc1cccc(OCC(F)F)n1)c1ccn[nH]1. The predicted octanol–water partition coefficient (Wildman–Crippen LogP) is 1.70. The van der Waals surface area contributed by atoms with Gasteiger partial charge in [0.2, 0.25) is 5.88 Å². The Morgan fingerprint density at radius 3 is 2.95 bits per heavy atom. The smallest absolute Gasteiger partial charge is 0.274 e. The molecule has 2 heterocycles. The number of H-pyrrole nitrogens is 1. The molecule has 19 heavy (non-hydrogen) atoms. The van der Waals surface area contributed by atoms with E-state index in [0.717, 1.165) is 0 Å². The summed E-state index contributed by atoms with van der Waals surface area (Å²) >= 11 is 0. The highest BCUT2D eigenvalue weighted by Gasteiger charge is 2.09. The van der Waals surface area contributed by atoms with Gasteiger partial charge < -0.3 is 10.1 Å². The predicted molar refractivity (Wildman–Crippen MR) is 62.3 cm³/mol. The lowest BCUT2D eigenvalue weighted by Gasteiger charge is -2.07. The van der Waals surface area contributed by atoms with Crippen LogP contribution in [-0.2, 0) is 0 Å². The van der Waals surface area contributed by atoms with E-state index < -0.39 is 18.9 Å². The van der Waals surface area contributed by atoms with E-state index in [1.54, 1.807) is 0 Å². The first-order chi connectivity index (χ1) is 9.15. The molecule has 1 amide bonds. The standard InChI is InChI=1S/C11H10F2N4O2/c12-8(13)6-19-10-3-1-2-9(15-10)16-11(18)7-4-5-14-17-7/h1-5,8H,6H2,(H,14,17)(H,15,16,18). The van der Waals surface area contributed by atoms with Gasteiger partial charge in [0.1, 0.15) is 11.5 Å². The van der Waals surface area contributed by atoms with Crippen LogP contribution in [0.5, 0.6) is 5.88 Å². The van der Waals surface area contributed by atoms with E-state index in [1.165, 1.54) is 30.5 Å². The van der Waals surface area contributed by atoms with E-state index in [4.69, 9.17) is 4.74 Å². The van der Waals surface area contributed by atoms with Crippen LogP contribution in [0.4, 0.5) is 14.6 Å². The molecule has 100 valence electrons. The van der Waals surface area contributed by atoms with Gasteiger partial charge in [0.25, 0.3) is 12.3 Å². The third-order valence-corrected chi connectivity index (χ3v) is 2.07. The maximum absolute atomic E-state index is 12.0. The van der Waals surface area contributed by atoms with Crippen molar-refractivity contribution < 1.29 is 18.3 Å². The highest BCUT2D eigenvalue weighted by molar-refractivity contribution is 6.02. The first-order valence-corrected chi connectivity index (χ1v) is 5.34. The van der Waals surface area contributed by atoms with Gasteiger partial charge in [0.05, 0.1) is 0 Å². The molecular weight excluding hydrogens is 258 g/mol. The Morgan fingerprint density at radius 2 is 2.26 bits per heavy atom. The molecule has 0 aliphatic heterocycles. The van der Waals surface area contributed by atoms with Gasteiger partial charge in [-0.3, -0.25) is 9.89 Å². The van der Waals surface area contributed by atoms with Crippen molar-refractivity contribution in [2.45, 2.75) is 6.43 Å². The van der Waals surface area contributed by atoms with Gasteiger partial charge in [-0.2, -0.15) is 10.1 Å². The summed E-state index contributed by atoms with van der Waals surface area (Å²) in [5.41, 5.74) is 0.265. The molecular formula is C11H10F2N4O2. The molecule has 0 radical (unpaired) electrons. The molecule has 6 nitrogen and oxygen atoms in total. The lowest BCUT2D eigenvalue weighted by Crippen LogP contribution is -2.14. The number of nitrogens with zero attached hydrogens (tertiary/aromatic N) is 2. The van der Waals surface area contributed by atoms with E-state index in [9.17, 15) is 13.6 Å². The fraction of sp³-hybridized carbons (Fsp3) is 0.182. The average Bonchev–Trinajstić information content (AvgIpc) is 2.91. The van der Waals surface area contributed by atoms with Crippen LogP contribution in [0.25, 0.3) is 0 Å². The fourth-order valence-electron chi connectivity index (χ4n) is 1.28. The minimum absolute atomic E-state index is 0.0164. The topological polar surface area (TPSA) is 79.9 Å². The van der Waals surface area contributed by atoms with Crippen LogP contribution in [0.2, 0.25) is 0 Å². The highest BCUT2D eigenvalue weighted by atomic mass is 19.3. The number of pyridine rings is 1. The molecule has 0 saturated carbocycles. The largest absolute Gasteiger partial charge is 0.472 e. The van der Waals surface area contributed by atoms with Gasteiger partial charge >= 0.3 is 0 Å². The van der Waals surface area contributed by atoms with Crippen molar-refractivity contribution in [3.63, 3.8) is 0 Å². The van der Waals surface area contributed by atoms with Gasteiger partial charge in [0, 0.05) is 12.3 Å². The molecule has 8 heteroatoms. The van der Waals surface area contributed by atoms with Gasteiger partial charge in [-0.1, -0.05) is 6.07 Å². The van der Waals surface area contributed by atoms with Crippen molar-refractivity contribution in [2.75, 3.05) is 11.9 Å². The number of anilines is 1. The Morgan fingerprint density at radius 1 is 1.42 bits per heavy atom. The van der Waals surface area contributed by atoms with Crippen LogP contribution >= 0.6 is 0 Å². The third kappa shape index (κ3) is 3.73. The highest BCUT2D eigenvalue weighted by Crippen LogP contribution is 2.13. The summed E-state index contributed by atoms with van der Waals surface area (Å²) in [6.07, 6.45) is -1.14. The van der Waals surface area contributed by atoms with E-state index >= 15 is 0 Å². The fourth-order valence-corrected chi connectivity index (χ4v) is 1.28. The Balaban J connectivity index is 2.01. The van der Waals surface area contributed by atoms with Crippen molar-refractivity contribution >= 4 is 11.7 Å². The van der Waals surface area contributed by atoms with Crippen molar-refractivity contribution in [1.29, 1.82) is 0 Å². The van der Waals surface area contributed by atoms with E-state index in [-0.39, 0.29) is 17.4 Å². The Bertz CT molecular complexity index is 545. The Hall–Kier alpha value is -2.51. The van der Waals surface area contributed by atoms with Crippen LogP contribution in [-0.4, -0.2) is 34.1 Å². The van der Waals surface area contributed by atoms with Crippen molar-refractivity contribution in [3.05, 3.63) is 36.2 Å². The number of halogens is 2. The molecule has 0 unspecified atom stereocenters. The molecule has 0 aliphatic rings. The van der Waals surface area contributed by atoms with Crippen LogP contribution < -0.4 is 10.1 Å². The van der Waals surface area contributed by atoms with Crippen LogP contribution in [0.3, 0.4) is 0 Å². The van der Waals surface area contributed by atoms with Gasteiger partial charge in [-0.25, -0.2) is 8.78 Å². The number of carbonyl (C=O) groups excluding carboxylic acids is 1. The van der Waals surface area contributed by atoms with Crippen molar-refractivity contribution in [2.24, 2.45) is 0 Å². The quantitative estimate of drug-likeness (QED) is 0.865. The van der Waals surface area contributed by atoms with E-state index in [0.29, 0.717) is 0 Å². The maximum atomic E-state index is 12.0. The third-order valence-electron chi connectivity index (χ3n) is 2.07. The number of aromatic nitrogens is 3. The number of nitrogens with one attached hydrogen (secondary N) is 2. The lowest BCUT2D eigenvalue weighted by molar-refractivity contribution is 0.0796. The number of carbonyl (C=O) groups is 1. The maximum Gasteiger partial charge on any atom is 0.274 e. The first-order valence-electron chi connectivity index (χ1n) is 5.34. The zero-order valence-electron chi connectivity index (χ0n) is 9.64. The molecule has 0 atom stereocenters.